The number of benzene rings is 1. The number of hydrogen-bond acceptors (Lipinski definition) is 4. The SMILES string of the molecule is CCCC(C)NC(=O)C1CN(S(=O)(=O)CC)c2ccccc2O1. The minimum Gasteiger partial charge on any atom is -0.476 e. The molecule has 7 heteroatoms. The molecule has 1 N–H and O–H groups in total. The first kappa shape index (κ1) is 17.6. The van der Waals surface area contributed by atoms with E-state index in [0.29, 0.717) is 11.4 Å². The molecule has 0 aliphatic carbocycles. The van der Waals surface area contributed by atoms with Crippen LogP contribution in [0.4, 0.5) is 5.69 Å². The highest BCUT2D eigenvalue weighted by atomic mass is 32.2. The van der Waals surface area contributed by atoms with Crippen molar-refractivity contribution in [1.29, 1.82) is 0 Å². The Morgan fingerprint density at radius 1 is 1.39 bits per heavy atom. The molecule has 0 fully saturated rings. The van der Waals surface area contributed by atoms with Gasteiger partial charge in [-0.25, -0.2) is 8.42 Å². The number of nitrogens with zero attached hydrogens (tertiary/aromatic N) is 1. The van der Waals surface area contributed by atoms with E-state index in [0.717, 1.165) is 12.8 Å². The van der Waals surface area contributed by atoms with Crippen molar-refractivity contribution in [3.8, 4) is 5.75 Å². The van der Waals surface area contributed by atoms with E-state index in [2.05, 4.69) is 5.32 Å². The van der Waals surface area contributed by atoms with Crippen LogP contribution in [-0.4, -0.2) is 38.8 Å². The van der Waals surface area contributed by atoms with Crippen molar-refractivity contribution in [2.75, 3.05) is 16.6 Å². The van der Waals surface area contributed by atoms with Crippen molar-refractivity contribution < 1.29 is 17.9 Å². The maximum atomic E-state index is 12.4. The van der Waals surface area contributed by atoms with Gasteiger partial charge >= 0.3 is 0 Å². The Hall–Kier alpha value is -1.76. The Morgan fingerprint density at radius 3 is 2.74 bits per heavy atom. The van der Waals surface area contributed by atoms with Crippen molar-refractivity contribution in [2.24, 2.45) is 0 Å². The number of ether oxygens (including phenoxy) is 1. The molecular weight excluding hydrogens is 316 g/mol. The molecule has 0 saturated carbocycles. The smallest absolute Gasteiger partial charge is 0.263 e. The molecule has 2 unspecified atom stereocenters. The summed E-state index contributed by atoms with van der Waals surface area (Å²) in [5.41, 5.74) is 0.486. The lowest BCUT2D eigenvalue weighted by Crippen LogP contribution is -2.52. The third-order valence-electron chi connectivity index (χ3n) is 3.84. The molecule has 6 nitrogen and oxygen atoms in total. The summed E-state index contributed by atoms with van der Waals surface area (Å²) in [6.07, 6.45) is 0.989. The van der Waals surface area contributed by atoms with Crippen LogP contribution in [0.25, 0.3) is 0 Å². The lowest BCUT2D eigenvalue weighted by atomic mass is 10.1. The molecule has 1 aliphatic heterocycles. The predicted octanol–water partition coefficient (Wildman–Crippen LogP) is 1.91. The maximum absolute atomic E-state index is 12.4. The van der Waals surface area contributed by atoms with E-state index in [4.69, 9.17) is 4.74 Å². The number of amides is 1. The van der Waals surface area contributed by atoms with Crippen LogP contribution in [0.5, 0.6) is 5.75 Å². The monoisotopic (exact) mass is 340 g/mol. The summed E-state index contributed by atoms with van der Waals surface area (Å²) in [4.78, 5) is 12.4. The van der Waals surface area contributed by atoms with E-state index >= 15 is 0 Å². The third kappa shape index (κ3) is 3.96. The van der Waals surface area contributed by atoms with Gasteiger partial charge in [0.2, 0.25) is 10.0 Å². The standard InChI is InChI=1S/C16H24N2O4S/c1-4-8-12(3)17-16(19)15-11-18(23(20,21)5-2)13-9-6-7-10-14(13)22-15/h6-7,9-10,12,15H,4-5,8,11H2,1-3H3,(H,17,19). The average molecular weight is 340 g/mol. The Labute approximate surface area is 137 Å². The maximum Gasteiger partial charge on any atom is 0.263 e. The Bertz CT molecular complexity index is 660. The lowest BCUT2D eigenvalue weighted by molar-refractivity contribution is -0.128. The number of carbonyl (C=O) groups excluding carboxylic acids is 1. The highest BCUT2D eigenvalue weighted by Crippen LogP contribution is 2.35. The zero-order valence-corrected chi connectivity index (χ0v) is 14.6. The molecule has 128 valence electrons. The fraction of sp³-hybridized carbons (Fsp3) is 0.562. The molecule has 0 bridgehead atoms. The first-order valence-corrected chi connectivity index (χ1v) is 9.56. The number of nitrogens with one attached hydrogen (secondary N) is 1. The second-order valence-electron chi connectivity index (χ2n) is 5.70. The zero-order chi connectivity index (χ0) is 17.0. The van der Waals surface area contributed by atoms with Crippen LogP contribution in [0.15, 0.2) is 24.3 Å². The van der Waals surface area contributed by atoms with Gasteiger partial charge in [-0.3, -0.25) is 9.10 Å². The highest BCUT2D eigenvalue weighted by molar-refractivity contribution is 7.92. The van der Waals surface area contributed by atoms with Gasteiger partial charge in [-0.05, 0) is 32.4 Å². The summed E-state index contributed by atoms with van der Waals surface area (Å²) in [5, 5.41) is 2.89. The molecule has 0 spiro atoms. The van der Waals surface area contributed by atoms with E-state index in [1.165, 1.54) is 4.31 Å². The molecule has 1 heterocycles. The molecule has 1 aromatic carbocycles. The largest absolute Gasteiger partial charge is 0.476 e. The number of carbonyl (C=O) groups is 1. The molecule has 0 saturated heterocycles. The number of sulfonamides is 1. The van der Waals surface area contributed by atoms with Crippen molar-refractivity contribution in [1.82, 2.24) is 5.32 Å². The Kier molecular flexibility index (Phi) is 5.51. The van der Waals surface area contributed by atoms with Gasteiger partial charge in [0.05, 0.1) is 18.0 Å². The van der Waals surface area contributed by atoms with Crippen molar-refractivity contribution >= 4 is 21.6 Å². The molecule has 0 aromatic heterocycles. The van der Waals surface area contributed by atoms with Crippen LogP contribution in [-0.2, 0) is 14.8 Å². The van der Waals surface area contributed by atoms with Gasteiger partial charge in [0.15, 0.2) is 6.10 Å². The fourth-order valence-electron chi connectivity index (χ4n) is 2.60. The van der Waals surface area contributed by atoms with Crippen LogP contribution in [0.3, 0.4) is 0 Å². The molecule has 1 amide bonds. The normalized spacial score (nSPS) is 18.7. The first-order valence-electron chi connectivity index (χ1n) is 7.95. The van der Waals surface area contributed by atoms with E-state index in [1.807, 2.05) is 13.8 Å². The summed E-state index contributed by atoms with van der Waals surface area (Å²) >= 11 is 0. The third-order valence-corrected chi connectivity index (χ3v) is 5.59. The summed E-state index contributed by atoms with van der Waals surface area (Å²) in [7, 11) is -3.47. The Balaban J connectivity index is 2.25. The summed E-state index contributed by atoms with van der Waals surface area (Å²) in [5.74, 6) is 0.109. The van der Waals surface area contributed by atoms with Crippen molar-refractivity contribution in [2.45, 2.75) is 45.8 Å². The second-order valence-corrected chi connectivity index (χ2v) is 7.89. The van der Waals surface area contributed by atoms with E-state index in [-0.39, 0.29) is 24.2 Å². The Morgan fingerprint density at radius 2 is 2.09 bits per heavy atom. The second kappa shape index (κ2) is 7.21. The summed E-state index contributed by atoms with van der Waals surface area (Å²) in [6, 6.07) is 6.92. The van der Waals surface area contributed by atoms with Gasteiger partial charge in [0.25, 0.3) is 5.91 Å². The van der Waals surface area contributed by atoms with E-state index < -0.39 is 16.1 Å². The minimum absolute atomic E-state index is 0.00212. The summed E-state index contributed by atoms with van der Waals surface area (Å²) in [6.45, 7) is 5.56. The first-order chi connectivity index (χ1) is 10.9. The number of hydrogen-bond donors (Lipinski definition) is 1. The van der Waals surface area contributed by atoms with Gasteiger partial charge in [-0.2, -0.15) is 0 Å². The van der Waals surface area contributed by atoms with Crippen LogP contribution < -0.4 is 14.4 Å². The van der Waals surface area contributed by atoms with Gasteiger partial charge in [-0.15, -0.1) is 0 Å². The predicted molar refractivity (Wildman–Crippen MR) is 90.2 cm³/mol. The van der Waals surface area contributed by atoms with Crippen LogP contribution in [0, 0.1) is 0 Å². The minimum atomic E-state index is -3.47. The van der Waals surface area contributed by atoms with Crippen molar-refractivity contribution in [3.63, 3.8) is 0 Å². The number of fused-ring (bicyclic) bond motifs is 1. The topological polar surface area (TPSA) is 75.7 Å². The molecule has 1 aliphatic rings. The molecular formula is C16H24N2O4S. The van der Waals surface area contributed by atoms with Gasteiger partial charge < -0.3 is 10.1 Å². The highest BCUT2D eigenvalue weighted by Gasteiger charge is 2.36. The van der Waals surface area contributed by atoms with E-state index in [9.17, 15) is 13.2 Å². The zero-order valence-electron chi connectivity index (χ0n) is 13.8. The molecule has 2 atom stereocenters. The van der Waals surface area contributed by atoms with Crippen LogP contribution in [0.1, 0.15) is 33.6 Å². The summed E-state index contributed by atoms with van der Waals surface area (Å²) < 4.78 is 31.7. The molecule has 0 radical (unpaired) electrons. The van der Waals surface area contributed by atoms with Gasteiger partial charge in [-0.1, -0.05) is 25.5 Å². The number of para-hydroxylation sites is 2. The van der Waals surface area contributed by atoms with Crippen LogP contribution >= 0.6 is 0 Å². The van der Waals surface area contributed by atoms with Crippen LogP contribution in [0.2, 0.25) is 0 Å². The quantitative estimate of drug-likeness (QED) is 0.858. The van der Waals surface area contributed by atoms with Gasteiger partial charge in [0.1, 0.15) is 5.75 Å². The van der Waals surface area contributed by atoms with Gasteiger partial charge in [0, 0.05) is 6.04 Å². The lowest BCUT2D eigenvalue weighted by Gasteiger charge is -2.34. The molecule has 23 heavy (non-hydrogen) atoms. The molecule has 1 aromatic rings. The number of rotatable bonds is 6. The molecule has 2 rings (SSSR count). The van der Waals surface area contributed by atoms with E-state index in [1.54, 1.807) is 31.2 Å². The fourth-order valence-corrected chi connectivity index (χ4v) is 3.72. The van der Waals surface area contributed by atoms with Crippen molar-refractivity contribution in [3.05, 3.63) is 24.3 Å². The average Bonchev–Trinajstić information content (AvgIpc) is 2.53. The number of anilines is 1.